The van der Waals surface area contributed by atoms with E-state index in [1.165, 1.54) is 12.2 Å². The quantitative estimate of drug-likeness (QED) is 0.409. The fourth-order valence-electron chi connectivity index (χ4n) is 4.13. The van der Waals surface area contributed by atoms with E-state index < -0.39 is 34.7 Å². The predicted molar refractivity (Wildman–Crippen MR) is 102 cm³/mol. The molecule has 2 bridgehead atoms. The van der Waals surface area contributed by atoms with Crippen LogP contribution in [0.3, 0.4) is 0 Å². The Kier molecular flexibility index (Phi) is 5.36. The molecule has 0 unspecified atom stereocenters. The molecule has 0 amide bonds. The van der Waals surface area contributed by atoms with Crippen molar-refractivity contribution in [2.24, 2.45) is 11.8 Å². The Labute approximate surface area is 179 Å². The Balaban J connectivity index is 1.76. The molecule has 10 heteroatoms. The van der Waals surface area contributed by atoms with Gasteiger partial charge in [-0.05, 0) is 43.2 Å². The number of Topliss-reactive ketones (excluding diaryl/α,β-unsaturated/α-hetero) is 1. The third kappa shape index (κ3) is 4.13. The number of hydrogen-bond acceptors (Lipinski definition) is 4. The van der Waals surface area contributed by atoms with Crippen molar-refractivity contribution in [1.82, 2.24) is 4.98 Å². The fourth-order valence-corrected chi connectivity index (χ4v) is 4.13. The van der Waals surface area contributed by atoms with Gasteiger partial charge < -0.3 is 0 Å². The summed E-state index contributed by atoms with van der Waals surface area (Å²) < 4.78 is 79.2. The van der Waals surface area contributed by atoms with Crippen molar-refractivity contribution in [3.05, 3.63) is 47.2 Å². The molecule has 1 aliphatic heterocycles. The number of nitrogens with zero attached hydrogens (tertiary/aromatic N) is 1. The van der Waals surface area contributed by atoms with Gasteiger partial charge in [0.05, 0.1) is 11.1 Å². The van der Waals surface area contributed by atoms with E-state index in [2.05, 4.69) is 4.98 Å². The van der Waals surface area contributed by atoms with Crippen LogP contribution in [0.5, 0.6) is 0 Å². The van der Waals surface area contributed by atoms with E-state index in [-0.39, 0.29) is 41.1 Å². The summed E-state index contributed by atoms with van der Waals surface area (Å²) in [5, 5.41) is 0.119. The summed E-state index contributed by atoms with van der Waals surface area (Å²) in [6, 6.07) is 3.25. The lowest BCUT2D eigenvalue weighted by Crippen LogP contribution is -2.51. The maximum absolute atomic E-state index is 13.4. The van der Waals surface area contributed by atoms with Crippen LogP contribution in [0.4, 0.5) is 26.3 Å². The zero-order valence-corrected chi connectivity index (χ0v) is 17.1. The highest BCUT2D eigenvalue weighted by molar-refractivity contribution is 5.89. The van der Waals surface area contributed by atoms with Gasteiger partial charge in [0.25, 0.3) is 0 Å². The van der Waals surface area contributed by atoms with Gasteiger partial charge in [0, 0.05) is 23.6 Å². The molecule has 1 saturated heterocycles. The normalized spacial score (nSPS) is 29.1. The number of ketones is 1. The lowest BCUT2D eigenvalue weighted by atomic mass is 9.71. The van der Waals surface area contributed by atoms with Crippen molar-refractivity contribution in [1.29, 1.82) is 0 Å². The molecule has 2 fully saturated rings. The van der Waals surface area contributed by atoms with E-state index in [0.717, 1.165) is 18.2 Å². The molecule has 2 aliphatic rings. The molecule has 2 heterocycles. The molecule has 4 rings (SSSR count). The highest BCUT2D eigenvalue weighted by Gasteiger charge is 2.48. The second-order valence-electron chi connectivity index (χ2n) is 8.45. The zero-order chi connectivity index (χ0) is 23.5. The number of fused-ring (bicyclic) bond motifs is 3. The van der Waals surface area contributed by atoms with Gasteiger partial charge in [0.2, 0.25) is 0 Å². The Bertz CT molecular complexity index is 1090. The van der Waals surface area contributed by atoms with E-state index in [9.17, 15) is 31.1 Å². The first kappa shape index (κ1) is 22.7. The molecular formula is C22H19F6NO3. The second-order valence-corrected chi connectivity index (χ2v) is 8.45. The summed E-state index contributed by atoms with van der Waals surface area (Å²) in [7, 11) is 0. The highest BCUT2D eigenvalue weighted by Crippen LogP contribution is 2.43. The minimum atomic E-state index is -4.85. The number of carbonyl (C=O) groups excluding carboxylic acids is 1. The van der Waals surface area contributed by atoms with Gasteiger partial charge in [-0.1, -0.05) is 19.1 Å². The molecule has 4 nitrogen and oxygen atoms in total. The Morgan fingerprint density at radius 2 is 1.84 bits per heavy atom. The van der Waals surface area contributed by atoms with Gasteiger partial charge in [-0.3, -0.25) is 4.79 Å². The average Bonchev–Trinajstić information content (AvgIpc) is 2.70. The molecule has 1 aromatic carbocycles. The molecule has 0 spiro atoms. The number of hydrogen-bond donors (Lipinski definition) is 0. The third-order valence-corrected chi connectivity index (χ3v) is 6.25. The van der Waals surface area contributed by atoms with Crippen LogP contribution in [0.15, 0.2) is 30.3 Å². The number of alkyl halides is 6. The lowest BCUT2D eigenvalue weighted by Gasteiger charge is -2.45. The first-order valence-corrected chi connectivity index (χ1v) is 9.93. The number of aromatic nitrogens is 1. The van der Waals surface area contributed by atoms with Gasteiger partial charge >= 0.3 is 12.4 Å². The van der Waals surface area contributed by atoms with Crippen LogP contribution < -0.4 is 0 Å². The highest BCUT2D eigenvalue weighted by atomic mass is 19.4. The molecule has 1 saturated carbocycles. The summed E-state index contributed by atoms with van der Waals surface area (Å²) >= 11 is 0. The number of halogens is 6. The number of rotatable bonds is 2. The van der Waals surface area contributed by atoms with Crippen molar-refractivity contribution in [3.63, 3.8) is 0 Å². The van der Waals surface area contributed by atoms with E-state index >= 15 is 0 Å². The molecule has 32 heavy (non-hydrogen) atoms. The Morgan fingerprint density at radius 3 is 2.50 bits per heavy atom. The van der Waals surface area contributed by atoms with E-state index in [1.807, 2.05) is 0 Å². The van der Waals surface area contributed by atoms with Crippen LogP contribution in [-0.2, 0) is 26.9 Å². The Morgan fingerprint density at radius 1 is 1.12 bits per heavy atom. The maximum atomic E-state index is 13.4. The molecule has 0 N–H and O–H groups in total. The van der Waals surface area contributed by atoms with E-state index in [1.54, 1.807) is 13.8 Å². The summed E-state index contributed by atoms with van der Waals surface area (Å²) in [6.07, 6.45) is -6.33. The minimum Gasteiger partial charge on any atom is -0.299 e. The number of pyridine rings is 1. The van der Waals surface area contributed by atoms with E-state index in [0.29, 0.717) is 12.5 Å². The zero-order valence-electron chi connectivity index (χ0n) is 17.1. The molecule has 172 valence electrons. The van der Waals surface area contributed by atoms with E-state index in [4.69, 9.17) is 9.78 Å². The standard InChI is InChI=1S/C22H19F6NO3/c1-11-17(30)9-14-10-18(11)31-32-20(14,2)6-5-12-7-19(22(26,27)28)29-16-8-13(21(23,24)25)3-4-15(12)16/h3-8,11,14,18H,9-10H2,1-2H3/b6-5-/t11-,14+,18+,20+/m0/s1. The summed E-state index contributed by atoms with van der Waals surface area (Å²) in [5.41, 5.74) is -3.90. The SMILES string of the molecule is C[C@H]1C(=O)C[C@@H]2C[C@H]1OO[C@]2(C)/C=C\c1cc(C(F)(F)F)nc2cc(C(F)(F)F)ccc12. The van der Waals surface area contributed by atoms with Crippen molar-refractivity contribution < 1.29 is 40.9 Å². The minimum absolute atomic E-state index is 0.0163. The average molecular weight is 459 g/mol. The Hall–Kier alpha value is -2.46. The van der Waals surface area contributed by atoms with Gasteiger partial charge in [-0.15, -0.1) is 0 Å². The number of benzene rings is 1. The lowest BCUT2D eigenvalue weighted by molar-refractivity contribution is -0.415. The monoisotopic (exact) mass is 459 g/mol. The largest absolute Gasteiger partial charge is 0.433 e. The predicted octanol–water partition coefficient (Wildman–Crippen LogP) is 5.99. The second kappa shape index (κ2) is 7.55. The molecule has 4 atom stereocenters. The first-order chi connectivity index (χ1) is 14.8. The summed E-state index contributed by atoms with van der Waals surface area (Å²) in [5.74, 6) is -0.531. The van der Waals surface area contributed by atoms with Crippen LogP contribution >= 0.6 is 0 Å². The van der Waals surface area contributed by atoms with Crippen LogP contribution in [0.1, 0.15) is 43.5 Å². The molecule has 2 aromatic rings. The van der Waals surface area contributed by atoms with Crippen molar-refractivity contribution in [2.75, 3.05) is 0 Å². The van der Waals surface area contributed by atoms with Crippen molar-refractivity contribution in [2.45, 2.75) is 50.7 Å². The van der Waals surface area contributed by atoms with Crippen LogP contribution in [0.25, 0.3) is 17.0 Å². The summed E-state index contributed by atoms with van der Waals surface area (Å²) in [6.45, 7) is 3.41. The molecule has 1 aromatic heterocycles. The topological polar surface area (TPSA) is 48.4 Å². The third-order valence-electron chi connectivity index (χ3n) is 6.25. The van der Waals surface area contributed by atoms with Gasteiger partial charge in [0.1, 0.15) is 23.2 Å². The fraction of sp³-hybridized carbons (Fsp3) is 0.455. The molecule has 1 aliphatic carbocycles. The smallest absolute Gasteiger partial charge is 0.299 e. The van der Waals surface area contributed by atoms with Crippen molar-refractivity contribution >= 4 is 22.8 Å². The molecular weight excluding hydrogens is 440 g/mol. The summed E-state index contributed by atoms with van der Waals surface area (Å²) in [4.78, 5) is 26.5. The van der Waals surface area contributed by atoms with Gasteiger partial charge in [0.15, 0.2) is 0 Å². The van der Waals surface area contributed by atoms with Crippen LogP contribution in [-0.4, -0.2) is 22.5 Å². The van der Waals surface area contributed by atoms with Gasteiger partial charge in [-0.25, -0.2) is 14.8 Å². The van der Waals surface area contributed by atoms with Crippen molar-refractivity contribution in [3.8, 4) is 0 Å². The van der Waals surface area contributed by atoms with Crippen LogP contribution in [0.2, 0.25) is 0 Å². The van der Waals surface area contributed by atoms with Crippen LogP contribution in [0, 0.1) is 11.8 Å². The first-order valence-electron chi connectivity index (χ1n) is 9.93. The number of carbonyl (C=O) groups is 1. The molecule has 0 radical (unpaired) electrons. The van der Waals surface area contributed by atoms with Gasteiger partial charge in [-0.2, -0.15) is 26.3 Å². The maximum Gasteiger partial charge on any atom is 0.433 e.